The molecule has 0 aromatic rings. The van der Waals surface area contributed by atoms with Gasteiger partial charge in [-0.2, -0.15) is 0 Å². The zero-order valence-corrected chi connectivity index (χ0v) is 8.73. The first-order valence-corrected chi connectivity index (χ1v) is 5.04. The Balaban J connectivity index is 2.25. The second-order valence-electron chi connectivity index (χ2n) is 3.75. The van der Waals surface area contributed by atoms with E-state index >= 15 is 0 Å². The van der Waals surface area contributed by atoms with E-state index in [4.69, 9.17) is 14.6 Å². The highest BCUT2D eigenvalue weighted by molar-refractivity contribution is 5.69. The lowest BCUT2D eigenvalue weighted by Crippen LogP contribution is -2.29. The fourth-order valence-corrected chi connectivity index (χ4v) is 1.77. The van der Waals surface area contributed by atoms with Gasteiger partial charge in [-0.15, -0.1) is 0 Å². The number of carbonyl (C=O) groups is 1. The lowest BCUT2D eigenvalue weighted by atomic mass is 9.87. The molecule has 1 unspecified atom stereocenters. The van der Waals surface area contributed by atoms with Crippen LogP contribution in [0.2, 0.25) is 0 Å². The molecule has 0 aromatic heterocycles. The molecule has 0 aliphatic heterocycles. The van der Waals surface area contributed by atoms with Crippen LogP contribution >= 0.6 is 0 Å². The molecule has 4 nitrogen and oxygen atoms in total. The van der Waals surface area contributed by atoms with Crippen molar-refractivity contribution in [1.29, 1.82) is 0 Å². The lowest BCUT2D eigenvalue weighted by Gasteiger charge is -2.28. The summed E-state index contributed by atoms with van der Waals surface area (Å²) >= 11 is 0. The molecule has 0 radical (unpaired) electrons. The Hall–Kier alpha value is -0.610. The van der Waals surface area contributed by atoms with Gasteiger partial charge in [0.15, 0.2) is 6.29 Å². The van der Waals surface area contributed by atoms with E-state index in [0.717, 1.165) is 25.7 Å². The van der Waals surface area contributed by atoms with E-state index in [1.807, 2.05) is 6.92 Å². The number of aliphatic carboxylic acids is 1. The molecular weight excluding hydrogens is 184 g/mol. The van der Waals surface area contributed by atoms with Gasteiger partial charge in [0.2, 0.25) is 0 Å². The van der Waals surface area contributed by atoms with Crippen LogP contribution in [0.25, 0.3) is 0 Å². The van der Waals surface area contributed by atoms with Crippen LogP contribution in [-0.2, 0) is 14.3 Å². The summed E-state index contributed by atoms with van der Waals surface area (Å²) in [5, 5.41) is 8.79. The van der Waals surface area contributed by atoms with E-state index < -0.39 is 5.97 Å². The summed E-state index contributed by atoms with van der Waals surface area (Å²) in [5.41, 5.74) is 0. The van der Waals surface area contributed by atoms with Gasteiger partial charge in [0.25, 0.3) is 0 Å². The Labute approximate surface area is 84.2 Å². The maximum absolute atomic E-state index is 10.7. The fraction of sp³-hybridized carbons (Fsp3) is 0.900. The number of carboxylic acids is 1. The number of hydrogen-bond acceptors (Lipinski definition) is 3. The molecule has 0 saturated heterocycles. The van der Waals surface area contributed by atoms with Gasteiger partial charge in [-0.05, 0) is 32.6 Å². The van der Waals surface area contributed by atoms with Gasteiger partial charge < -0.3 is 14.6 Å². The lowest BCUT2D eigenvalue weighted by molar-refractivity contribution is -0.159. The van der Waals surface area contributed by atoms with Crippen molar-refractivity contribution >= 4 is 5.97 Å². The predicted octanol–water partition coefficient (Wildman–Crippen LogP) is 1.64. The Morgan fingerprint density at radius 1 is 1.36 bits per heavy atom. The molecule has 0 amide bonds. The average Bonchev–Trinajstić information content (AvgIpc) is 2.18. The van der Waals surface area contributed by atoms with Gasteiger partial charge in [-0.25, -0.2) is 0 Å². The van der Waals surface area contributed by atoms with Crippen LogP contribution < -0.4 is 0 Å². The van der Waals surface area contributed by atoms with Crippen molar-refractivity contribution in [3.63, 3.8) is 0 Å². The second kappa shape index (κ2) is 5.32. The third kappa shape index (κ3) is 3.27. The molecule has 4 heteroatoms. The third-order valence-corrected chi connectivity index (χ3v) is 2.74. The minimum Gasteiger partial charge on any atom is -0.481 e. The molecule has 0 aromatic carbocycles. The monoisotopic (exact) mass is 202 g/mol. The van der Waals surface area contributed by atoms with Crippen molar-refractivity contribution in [2.24, 2.45) is 5.92 Å². The molecule has 14 heavy (non-hydrogen) atoms. The summed E-state index contributed by atoms with van der Waals surface area (Å²) in [5.74, 6) is -0.851. The van der Waals surface area contributed by atoms with Crippen LogP contribution in [0.5, 0.6) is 0 Å². The van der Waals surface area contributed by atoms with Gasteiger partial charge in [0, 0.05) is 7.11 Å². The first-order valence-electron chi connectivity index (χ1n) is 5.04. The van der Waals surface area contributed by atoms with Gasteiger partial charge in [-0.3, -0.25) is 4.79 Å². The number of ether oxygens (including phenoxy) is 2. The van der Waals surface area contributed by atoms with Crippen LogP contribution in [0.4, 0.5) is 0 Å². The van der Waals surface area contributed by atoms with Crippen LogP contribution in [0, 0.1) is 5.92 Å². The van der Waals surface area contributed by atoms with Gasteiger partial charge in [0.1, 0.15) is 0 Å². The maximum atomic E-state index is 10.7. The largest absolute Gasteiger partial charge is 0.481 e. The van der Waals surface area contributed by atoms with Gasteiger partial charge in [0.05, 0.1) is 12.0 Å². The zero-order chi connectivity index (χ0) is 10.6. The topological polar surface area (TPSA) is 55.8 Å². The van der Waals surface area contributed by atoms with Crippen LogP contribution in [0.3, 0.4) is 0 Å². The Bertz CT molecular complexity index is 185. The Morgan fingerprint density at radius 2 is 1.93 bits per heavy atom. The first-order chi connectivity index (χ1) is 6.63. The number of methoxy groups -OCH3 is 1. The molecule has 0 spiro atoms. The first kappa shape index (κ1) is 11.5. The Kier molecular flexibility index (Phi) is 4.35. The molecule has 0 bridgehead atoms. The molecular formula is C10H18O4. The number of hydrogen-bond donors (Lipinski definition) is 1. The molecule has 1 atom stereocenters. The molecule has 82 valence electrons. The van der Waals surface area contributed by atoms with Crippen molar-refractivity contribution in [3.8, 4) is 0 Å². The van der Waals surface area contributed by atoms with Crippen LogP contribution in [0.1, 0.15) is 32.6 Å². The smallest absolute Gasteiger partial charge is 0.306 e. The molecule has 1 aliphatic carbocycles. The standard InChI is InChI=1S/C10H18O4/c1-7(13-2)14-9-5-3-8(4-6-9)10(11)12/h7-9H,3-6H2,1-2H3,(H,11,12). The molecule has 1 fully saturated rings. The van der Waals surface area contributed by atoms with Crippen LogP contribution in [0.15, 0.2) is 0 Å². The quantitative estimate of drug-likeness (QED) is 0.704. The van der Waals surface area contributed by atoms with E-state index in [2.05, 4.69) is 0 Å². The fourth-order valence-electron chi connectivity index (χ4n) is 1.77. The predicted molar refractivity (Wildman–Crippen MR) is 50.9 cm³/mol. The average molecular weight is 202 g/mol. The molecule has 1 aliphatic rings. The Morgan fingerprint density at radius 3 is 2.36 bits per heavy atom. The highest BCUT2D eigenvalue weighted by Crippen LogP contribution is 2.26. The van der Waals surface area contributed by atoms with E-state index in [1.165, 1.54) is 0 Å². The maximum Gasteiger partial charge on any atom is 0.306 e. The molecule has 1 rings (SSSR count). The zero-order valence-electron chi connectivity index (χ0n) is 8.73. The van der Waals surface area contributed by atoms with Crippen molar-refractivity contribution in [3.05, 3.63) is 0 Å². The van der Waals surface area contributed by atoms with Gasteiger partial charge >= 0.3 is 5.97 Å². The molecule has 0 heterocycles. The van der Waals surface area contributed by atoms with Crippen molar-refractivity contribution in [2.75, 3.05) is 7.11 Å². The minimum absolute atomic E-state index is 0.167. The summed E-state index contributed by atoms with van der Waals surface area (Å²) in [6, 6.07) is 0. The van der Waals surface area contributed by atoms with E-state index in [1.54, 1.807) is 7.11 Å². The minimum atomic E-state index is -0.678. The van der Waals surface area contributed by atoms with Crippen LogP contribution in [-0.4, -0.2) is 30.6 Å². The number of rotatable bonds is 4. The highest BCUT2D eigenvalue weighted by atomic mass is 16.7. The van der Waals surface area contributed by atoms with Crippen molar-refractivity contribution in [1.82, 2.24) is 0 Å². The van der Waals surface area contributed by atoms with Crippen molar-refractivity contribution < 1.29 is 19.4 Å². The summed E-state index contributed by atoms with van der Waals surface area (Å²) in [6.45, 7) is 1.85. The second-order valence-corrected chi connectivity index (χ2v) is 3.75. The summed E-state index contributed by atoms with van der Waals surface area (Å²) in [6.07, 6.45) is 3.06. The third-order valence-electron chi connectivity index (χ3n) is 2.74. The van der Waals surface area contributed by atoms with E-state index in [0.29, 0.717) is 0 Å². The molecule has 1 saturated carbocycles. The SMILES string of the molecule is COC(C)OC1CCC(C(=O)O)CC1. The highest BCUT2D eigenvalue weighted by Gasteiger charge is 2.27. The van der Waals surface area contributed by atoms with E-state index in [9.17, 15) is 4.79 Å². The number of carboxylic acid groups (broad SMARTS) is 1. The summed E-state index contributed by atoms with van der Waals surface area (Å²) in [4.78, 5) is 10.7. The van der Waals surface area contributed by atoms with Gasteiger partial charge in [-0.1, -0.05) is 0 Å². The summed E-state index contributed by atoms with van der Waals surface area (Å²) < 4.78 is 10.5. The van der Waals surface area contributed by atoms with E-state index in [-0.39, 0.29) is 18.3 Å². The normalized spacial score (nSPS) is 29.9. The van der Waals surface area contributed by atoms with Crippen molar-refractivity contribution in [2.45, 2.75) is 45.0 Å². The molecule has 1 N–H and O–H groups in total. The summed E-state index contributed by atoms with van der Waals surface area (Å²) in [7, 11) is 1.60.